The zero-order valence-electron chi connectivity index (χ0n) is 8.01. The van der Waals surface area contributed by atoms with Gasteiger partial charge in [-0.15, -0.1) is 0 Å². The molecule has 1 aliphatic carbocycles. The highest BCUT2D eigenvalue weighted by molar-refractivity contribution is 6.07. The zero-order chi connectivity index (χ0) is 9.47. The molecule has 0 aromatic heterocycles. The summed E-state index contributed by atoms with van der Waals surface area (Å²) in [4.78, 5) is 25.2. The van der Waals surface area contributed by atoms with Gasteiger partial charge < -0.3 is 4.90 Å². The Hall–Kier alpha value is -0.860. The Morgan fingerprint density at radius 2 is 2.00 bits per heavy atom. The van der Waals surface area contributed by atoms with Crippen molar-refractivity contribution in [2.24, 2.45) is 5.41 Å². The molecular weight excluding hydrogens is 166 g/mol. The molecule has 13 heavy (non-hydrogen) atoms. The number of carbonyl (C=O) groups is 2. The lowest BCUT2D eigenvalue weighted by Gasteiger charge is -2.29. The molecule has 1 saturated heterocycles. The quantitative estimate of drug-likeness (QED) is 0.522. The highest BCUT2D eigenvalue weighted by Gasteiger charge is 2.51. The summed E-state index contributed by atoms with van der Waals surface area (Å²) in [6.45, 7) is 0.755. The van der Waals surface area contributed by atoms with E-state index in [0.717, 1.165) is 32.2 Å². The van der Waals surface area contributed by atoms with E-state index in [2.05, 4.69) is 0 Å². The highest BCUT2D eigenvalue weighted by atomic mass is 16.2. The standard InChI is InChI=1S/C10H15NO2/c1-11-7-6-10(9(11)13)5-3-2-4-8(10)12/h2-7H2,1H3/t10-/m0/s1. The monoisotopic (exact) mass is 181 g/mol. The Morgan fingerprint density at radius 1 is 1.23 bits per heavy atom. The Labute approximate surface area is 78.1 Å². The maximum absolute atomic E-state index is 11.8. The molecule has 0 aromatic rings. The van der Waals surface area contributed by atoms with Gasteiger partial charge in [0.2, 0.25) is 5.91 Å². The minimum Gasteiger partial charge on any atom is -0.345 e. The van der Waals surface area contributed by atoms with Crippen molar-refractivity contribution in [2.75, 3.05) is 13.6 Å². The first-order chi connectivity index (χ1) is 6.17. The van der Waals surface area contributed by atoms with E-state index in [4.69, 9.17) is 0 Å². The number of rotatable bonds is 0. The average Bonchev–Trinajstić information content (AvgIpc) is 2.40. The fourth-order valence-corrected chi connectivity index (χ4v) is 2.51. The summed E-state index contributed by atoms with van der Waals surface area (Å²) in [7, 11) is 1.79. The summed E-state index contributed by atoms with van der Waals surface area (Å²) in [5, 5.41) is 0. The number of hydrogen-bond acceptors (Lipinski definition) is 2. The fourth-order valence-electron chi connectivity index (χ4n) is 2.51. The number of ketones is 1. The van der Waals surface area contributed by atoms with Crippen LogP contribution in [0.15, 0.2) is 0 Å². The summed E-state index contributed by atoms with van der Waals surface area (Å²) < 4.78 is 0. The van der Waals surface area contributed by atoms with E-state index >= 15 is 0 Å². The molecule has 0 aromatic carbocycles. The number of Topliss-reactive ketones (excluding diaryl/α,β-unsaturated/α-hetero) is 1. The molecule has 1 heterocycles. The summed E-state index contributed by atoms with van der Waals surface area (Å²) in [5.74, 6) is 0.255. The van der Waals surface area contributed by atoms with Gasteiger partial charge in [-0.25, -0.2) is 0 Å². The van der Waals surface area contributed by atoms with Gasteiger partial charge in [0.1, 0.15) is 11.2 Å². The second kappa shape index (κ2) is 2.82. The molecule has 3 heteroatoms. The smallest absolute Gasteiger partial charge is 0.236 e. The van der Waals surface area contributed by atoms with Crippen LogP contribution in [0.1, 0.15) is 32.1 Å². The van der Waals surface area contributed by atoms with Gasteiger partial charge in [-0.3, -0.25) is 9.59 Å². The Kier molecular flexibility index (Phi) is 1.90. The van der Waals surface area contributed by atoms with E-state index in [1.54, 1.807) is 11.9 Å². The maximum atomic E-state index is 11.8. The Bertz CT molecular complexity index is 258. The zero-order valence-corrected chi connectivity index (χ0v) is 8.01. The van der Waals surface area contributed by atoms with Gasteiger partial charge in [-0.2, -0.15) is 0 Å². The minimum atomic E-state index is -0.590. The van der Waals surface area contributed by atoms with Gasteiger partial charge in [-0.05, 0) is 19.3 Å². The third-order valence-electron chi connectivity index (χ3n) is 3.42. The minimum absolute atomic E-state index is 0.0669. The Morgan fingerprint density at radius 3 is 2.54 bits per heavy atom. The van der Waals surface area contributed by atoms with Crippen LogP contribution in [0.2, 0.25) is 0 Å². The van der Waals surface area contributed by atoms with Crippen LogP contribution in [-0.2, 0) is 9.59 Å². The molecule has 72 valence electrons. The third-order valence-corrected chi connectivity index (χ3v) is 3.42. The van der Waals surface area contributed by atoms with Gasteiger partial charge in [0.25, 0.3) is 0 Å². The number of likely N-dealkylation sites (tertiary alicyclic amines) is 1. The topological polar surface area (TPSA) is 37.4 Å². The van der Waals surface area contributed by atoms with Crippen molar-refractivity contribution in [3.8, 4) is 0 Å². The molecule has 2 fully saturated rings. The molecule has 1 amide bonds. The summed E-state index contributed by atoms with van der Waals surface area (Å²) >= 11 is 0. The first-order valence-electron chi connectivity index (χ1n) is 4.96. The molecule has 2 aliphatic rings. The molecule has 0 bridgehead atoms. The van der Waals surface area contributed by atoms with Gasteiger partial charge in [0, 0.05) is 20.0 Å². The van der Waals surface area contributed by atoms with Crippen molar-refractivity contribution in [3.63, 3.8) is 0 Å². The van der Waals surface area contributed by atoms with Crippen molar-refractivity contribution in [1.29, 1.82) is 0 Å². The first-order valence-corrected chi connectivity index (χ1v) is 4.96. The second-order valence-electron chi connectivity index (χ2n) is 4.19. The predicted octanol–water partition coefficient (Wildman–Crippen LogP) is 0.978. The summed E-state index contributed by atoms with van der Waals surface area (Å²) in [6.07, 6.45) is 4.15. The lowest BCUT2D eigenvalue weighted by atomic mass is 9.72. The molecule has 1 aliphatic heterocycles. The average molecular weight is 181 g/mol. The summed E-state index contributed by atoms with van der Waals surface area (Å²) in [6, 6.07) is 0. The SMILES string of the molecule is CN1CC[C@]2(CCCCC2=O)C1=O. The van der Waals surface area contributed by atoms with E-state index in [-0.39, 0.29) is 11.7 Å². The molecule has 2 rings (SSSR count). The maximum Gasteiger partial charge on any atom is 0.236 e. The summed E-state index contributed by atoms with van der Waals surface area (Å²) in [5.41, 5.74) is -0.590. The lowest BCUT2D eigenvalue weighted by Crippen LogP contribution is -2.41. The molecule has 0 radical (unpaired) electrons. The van der Waals surface area contributed by atoms with E-state index in [9.17, 15) is 9.59 Å². The van der Waals surface area contributed by atoms with Gasteiger partial charge in [-0.1, -0.05) is 6.42 Å². The van der Waals surface area contributed by atoms with Crippen LogP contribution in [0.4, 0.5) is 0 Å². The molecule has 1 saturated carbocycles. The van der Waals surface area contributed by atoms with Crippen LogP contribution < -0.4 is 0 Å². The second-order valence-corrected chi connectivity index (χ2v) is 4.19. The van der Waals surface area contributed by atoms with Crippen molar-refractivity contribution >= 4 is 11.7 Å². The highest BCUT2D eigenvalue weighted by Crippen LogP contribution is 2.41. The van der Waals surface area contributed by atoms with Crippen molar-refractivity contribution < 1.29 is 9.59 Å². The van der Waals surface area contributed by atoms with Crippen molar-refractivity contribution in [3.05, 3.63) is 0 Å². The van der Waals surface area contributed by atoms with E-state index < -0.39 is 5.41 Å². The number of hydrogen-bond donors (Lipinski definition) is 0. The van der Waals surface area contributed by atoms with Gasteiger partial charge in [0.15, 0.2) is 0 Å². The van der Waals surface area contributed by atoms with Crippen LogP contribution in [0.5, 0.6) is 0 Å². The number of nitrogens with zero attached hydrogens (tertiary/aromatic N) is 1. The van der Waals surface area contributed by atoms with Crippen molar-refractivity contribution in [2.45, 2.75) is 32.1 Å². The largest absolute Gasteiger partial charge is 0.345 e. The van der Waals surface area contributed by atoms with Crippen LogP contribution >= 0.6 is 0 Å². The van der Waals surface area contributed by atoms with E-state index in [0.29, 0.717) is 6.42 Å². The number of amides is 1. The molecule has 0 unspecified atom stereocenters. The van der Waals surface area contributed by atoms with Crippen LogP contribution in [0.25, 0.3) is 0 Å². The van der Waals surface area contributed by atoms with Gasteiger partial charge >= 0.3 is 0 Å². The lowest BCUT2D eigenvalue weighted by molar-refractivity contribution is -0.145. The van der Waals surface area contributed by atoms with Crippen LogP contribution in [-0.4, -0.2) is 30.2 Å². The van der Waals surface area contributed by atoms with E-state index in [1.807, 2.05) is 0 Å². The molecule has 0 N–H and O–H groups in total. The molecule has 1 atom stereocenters. The molecular formula is C10H15NO2. The molecule has 3 nitrogen and oxygen atoms in total. The van der Waals surface area contributed by atoms with Crippen LogP contribution in [0.3, 0.4) is 0 Å². The normalized spacial score (nSPS) is 34.7. The number of carbonyl (C=O) groups excluding carboxylic acids is 2. The third kappa shape index (κ3) is 1.10. The van der Waals surface area contributed by atoms with Gasteiger partial charge in [0.05, 0.1) is 0 Å². The van der Waals surface area contributed by atoms with Crippen LogP contribution in [0, 0.1) is 5.41 Å². The first kappa shape index (κ1) is 8.73. The predicted molar refractivity (Wildman–Crippen MR) is 48.2 cm³/mol. The van der Waals surface area contributed by atoms with Crippen molar-refractivity contribution in [1.82, 2.24) is 4.90 Å². The molecule has 1 spiro atoms. The Balaban J connectivity index is 2.28. The fraction of sp³-hybridized carbons (Fsp3) is 0.800. The van der Waals surface area contributed by atoms with E-state index in [1.165, 1.54) is 0 Å².